The van der Waals surface area contributed by atoms with Gasteiger partial charge in [0.2, 0.25) is 0 Å². The Morgan fingerprint density at radius 1 is 1.20 bits per heavy atom. The lowest BCUT2D eigenvalue weighted by Gasteiger charge is -2.12. The number of anilines is 1. The van der Waals surface area contributed by atoms with Crippen molar-refractivity contribution in [3.63, 3.8) is 0 Å². The highest BCUT2D eigenvalue weighted by Gasteiger charge is 2.26. The SMILES string of the molecule is Cc1onc(C#Cc2cccc(S(=O)(=O)Nc3ccc(Br)c4c3CNC4=O)c2)c1C. The first-order valence-corrected chi connectivity index (χ1v) is 11.2. The average molecular weight is 486 g/mol. The van der Waals surface area contributed by atoms with Crippen molar-refractivity contribution in [2.24, 2.45) is 0 Å². The molecule has 1 amide bonds. The van der Waals surface area contributed by atoms with Crippen LogP contribution in [0.1, 0.15) is 38.5 Å². The first kappa shape index (κ1) is 20.2. The Hall–Kier alpha value is -3.09. The average Bonchev–Trinajstić information content (AvgIpc) is 3.26. The highest BCUT2D eigenvalue weighted by molar-refractivity contribution is 9.10. The quantitative estimate of drug-likeness (QED) is 0.552. The van der Waals surface area contributed by atoms with Crippen molar-refractivity contribution in [2.45, 2.75) is 25.3 Å². The van der Waals surface area contributed by atoms with Crippen LogP contribution in [0, 0.1) is 25.7 Å². The lowest BCUT2D eigenvalue weighted by atomic mass is 10.1. The summed E-state index contributed by atoms with van der Waals surface area (Å²) >= 11 is 3.33. The second-order valence-electron chi connectivity index (χ2n) is 6.73. The number of sulfonamides is 1. The molecule has 2 heterocycles. The number of hydrogen-bond acceptors (Lipinski definition) is 5. The first-order chi connectivity index (χ1) is 14.3. The predicted octanol–water partition coefficient (Wildman–Crippen LogP) is 3.50. The highest BCUT2D eigenvalue weighted by Crippen LogP contribution is 2.32. The molecular weight excluding hydrogens is 470 g/mol. The molecule has 152 valence electrons. The molecule has 1 aliphatic heterocycles. The molecule has 1 aliphatic rings. The molecule has 0 saturated carbocycles. The van der Waals surface area contributed by atoms with E-state index in [1.165, 1.54) is 12.1 Å². The largest absolute Gasteiger partial charge is 0.360 e. The Morgan fingerprint density at radius 3 is 2.73 bits per heavy atom. The molecule has 0 fully saturated rings. The summed E-state index contributed by atoms with van der Waals surface area (Å²) in [5.74, 6) is 6.27. The van der Waals surface area contributed by atoms with Gasteiger partial charge in [-0.15, -0.1) is 0 Å². The Labute approximate surface area is 182 Å². The number of amides is 1. The van der Waals surface area contributed by atoms with Crippen LogP contribution in [0.5, 0.6) is 0 Å². The fraction of sp³-hybridized carbons (Fsp3) is 0.143. The molecule has 2 N–H and O–H groups in total. The van der Waals surface area contributed by atoms with Gasteiger partial charge in [0.1, 0.15) is 5.76 Å². The van der Waals surface area contributed by atoms with E-state index in [0.29, 0.717) is 38.3 Å². The van der Waals surface area contributed by atoms with Gasteiger partial charge in [0, 0.05) is 27.7 Å². The maximum Gasteiger partial charge on any atom is 0.261 e. The summed E-state index contributed by atoms with van der Waals surface area (Å²) in [5.41, 5.74) is 3.29. The number of rotatable bonds is 3. The molecule has 9 heteroatoms. The van der Waals surface area contributed by atoms with Crippen LogP contribution in [-0.4, -0.2) is 19.5 Å². The Bertz CT molecular complexity index is 1350. The number of hydrogen-bond donors (Lipinski definition) is 2. The van der Waals surface area contributed by atoms with Crippen molar-refractivity contribution in [1.29, 1.82) is 0 Å². The second-order valence-corrected chi connectivity index (χ2v) is 9.26. The molecule has 0 aliphatic carbocycles. The smallest absolute Gasteiger partial charge is 0.261 e. The van der Waals surface area contributed by atoms with Crippen LogP contribution in [0.25, 0.3) is 0 Å². The summed E-state index contributed by atoms with van der Waals surface area (Å²) in [7, 11) is -3.88. The molecule has 0 atom stereocenters. The van der Waals surface area contributed by atoms with Gasteiger partial charge in [-0.1, -0.05) is 17.1 Å². The maximum atomic E-state index is 12.9. The monoisotopic (exact) mass is 485 g/mol. The summed E-state index contributed by atoms with van der Waals surface area (Å²) in [6, 6.07) is 9.58. The van der Waals surface area contributed by atoms with Crippen LogP contribution in [0.2, 0.25) is 0 Å². The highest BCUT2D eigenvalue weighted by atomic mass is 79.9. The van der Waals surface area contributed by atoms with E-state index in [1.54, 1.807) is 31.2 Å². The lowest BCUT2D eigenvalue weighted by molar-refractivity contribution is 0.0965. The number of carbonyl (C=O) groups excluding carboxylic acids is 1. The van der Waals surface area contributed by atoms with Crippen LogP contribution in [0.4, 0.5) is 5.69 Å². The first-order valence-electron chi connectivity index (χ1n) is 8.93. The Balaban J connectivity index is 1.65. The zero-order valence-electron chi connectivity index (χ0n) is 16.0. The predicted molar refractivity (Wildman–Crippen MR) is 115 cm³/mol. The normalized spacial score (nSPS) is 12.7. The van der Waals surface area contributed by atoms with Gasteiger partial charge in [0.25, 0.3) is 15.9 Å². The molecule has 0 unspecified atom stereocenters. The Kier molecular flexibility index (Phi) is 5.13. The maximum absolute atomic E-state index is 12.9. The van der Waals surface area contributed by atoms with Gasteiger partial charge >= 0.3 is 0 Å². The van der Waals surface area contributed by atoms with E-state index in [2.05, 4.69) is 43.0 Å². The second kappa shape index (κ2) is 7.63. The van der Waals surface area contributed by atoms with E-state index >= 15 is 0 Å². The van der Waals surface area contributed by atoms with E-state index in [9.17, 15) is 13.2 Å². The molecule has 0 radical (unpaired) electrons. The molecule has 3 aromatic rings. The van der Waals surface area contributed by atoms with Gasteiger partial charge in [-0.25, -0.2) is 8.42 Å². The zero-order valence-corrected chi connectivity index (χ0v) is 18.4. The molecule has 1 aromatic heterocycles. The summed E-state index contributed by atoms with van der Waals surface area (Å²) in [6.45, 7) is 3.92. The van der Waals surface area contributed by atoms with Crippen molar-refractivity contribution in [3.8, 4) is 11.8 Å². The van der Waals surface area contributed by atoms with E-state index in [4.69, 9.17) is 4.52 Å². The third-order valence-corrected chi connectivity index (χ3v) is 6.81. The minimum Gasteiger partial charge on any atom is -0.360 e. The molecule has 30 heavy (non-hydrogen) atoms. The van der Waals surface area contributed by atoms with E-state index in [0.717, 1.165) is 5.56 Å². The van der Waals surface area contributed by atoms with Gasteiger partial charge in [-0.2, -0.15) is 0 Å². The van der Waals surface area contributed by atoms with Crippen molar-refractivity contribution in [2.75, 3.05) is 4.72 Å². The molecule has 0 saturated heterocycles. The molecule has 0 bridgehead atoms. The summed E-state index contributed by atoms with van der Waals surface area (Å²) in [5, 5.41) is 6.59. The van der Waals surface area contributed by atoms with Gasteiger partial charge in [0.05, 0.1) is 16.1 Å². The van der Waals surface area contributed by atoms with Crippen molar-refractivity contribution in [1.82, 2.24) is 10.5 Å². The van der Waals surface area contributed by atoms with Crippen LogP contribution in [0.3, 0.4) is 0 Å². The third-order valence-electron chi connectivity index (χ3n) is 4.79. The molecular formula is C21H16BrN3O4S. The van der Waals surface area contributed by atoms with E-state index in [1.807, 2.05) is 6.92 Å². The standard InChI is InChI=1S/C21H16BrN3O4S/c1-12-13(2)29-24-18(12)8-6-14-4-3-5-15(10-14)30(27,28)25-19-9-7-17(22)20-16(19)11-23-21(20)26/h3-5,7,9-10,25H,11H2,1-2H3,(H,23,26). The van der Waals surface area contributed by atoms with Gasteiger partial charge < -0.3 is 9.84 Å². The van der Waals surface area contributed by atoms with Gasteiger partial charge in [-0.3, -0.25) is 9.52 Å². The number of nitrogens with one attached hydrogen (secondary N) is 2. The summed E-state index contributed by atoms with van der Waals surface area (Å²) < 4.78 is 34.2. The van der Waals surface area contributed by atoms with Crippen LogP contribution in [0.15, 0.2) is 50.3 Å². The summed E-state index contributed by atoms with van der Waals surface area (Å²) in [4.78, 5) is 12.1. The van der Waals surface area contributed by atoms with E-state index in [-0.39, 0.29) is 17.3 Å². The van der Waals surface area contributed by atoms with Crippen LogP contribution in [-0.2, 0) is 16.6 Å². The van der Waals surface area contributed by atoms with Gasteiger partial charge in [-0.05, 0) is 66.0 Å². The summed E-state index contributed by atoms with van der Waals surface area (Å²) in [6.07, 6.45) is 0. The number of halogens is 1. The zero-order chi connectivity index (χ0) is 21.5. The Morgan fingerprint density at radius 2 is 2.00 bits per heavy atom. The number of fused-ring (bicyclic) bond motifs is 1. The van der Waals surface area contributed by atoms with Gasteiger partial charge in [0.15, 0.2) is 5.69 Å². The molecule has 4 rings (SSSR count). The number of carbonyl (C=O) groups is 1. The number of nitrogens with zero attached hydrogens (tertiary/aromatic N) is 1. The molecule has 7 nitrogen and oxygen atoms in total. The van der Waals surface area contributed by atoms with Crippen LogP contribution >= 0.6 is 15.9 Å². The number of benzene rings is 2. The van der Waals surface area contributed by atoms with Crippen LogP contribution < -0.4 is 10.0 Å². The van der Waals surface area contributed by atoms with E-state index < -0.39 is 10.0 Å². The minimum absolute atomic E-state index is 0.0660. The van der Waals surface area contributed by atoms with Crippen molar-refractivity contribution >= 4 is 37.5 Å². The van der Waals surface area contributed by atoms with Crippen molar-refractivity contribution in [3.05, 3.63) is 74.6 Å². The third kappa shape index (κ3) is 3.72. The van der Waals surface area contributed by atoms with Crippen molar-refractivity contribution < 1.29 is 17.7 Å². The molecule has 2 aromatic carbocycles. The number of aromatic nitrogens is 1. The number of aryl methyl sites for hydroxylation is 1. The fourth-order valence-electron chi connectivity index (χ4n) is 3.01. The lowest BCUT2D eigenvalue weighted by Crippen LogP contribution is -2.14. The topological polar surface area (TPSA) is 101 Å². The molecule has 0 spiro atoms. The fourth-order valence-corrected chi connectivity index (χ4v) is 4.70. The minimum atomic E-state index is -3.88.